The fourth-order valence-corrected chi connectivity index (χ4v) is 2.92. The van der Waals surface area contributed by atoms with Crippen molar-refractivity contribution in [2.45, 2.75) is 19.8 Å². The molecule has 0 aromatic heterocycles. The highest BCUT2D eigenvalue weighted by molar-refractivity contribution is 5.82. The maximum atomic E-state index is 12.1. The van der Waals surface area contributed by atoms with Gasteiger partial charge in [-0.25, -0.2) is 4.79 Å². The molecule has 1 aromatic carbocycles. The number of benzene rings is 1. The average Bonchev–Trinajstić information content (AvgIpc) is 2.71. The first-order valence-corrected chi connectivity index (χ1v) is 9.10. The van der Waals surface area contributed by atoms with Crippen molar-refractivity contribution in [3.05, 3.63) is 29.8 Å². The van der Waals surface area contributed by atoms with E-state index < -0.39 is 5.97 Å². The van der Waals surface area contributed by atoms with Crippen LogP contribution in [0.3, 0.4) is 0 Å². The summed E-state index contributed by atoms with van der Waals surface area (Å²) in [6, 6.07) is 5.33. The Hall–Kier alpha value is -3.03. The number of likely N-dealkylation sites (tertiary alicyclic amines) is 1. The number of nitrogens with two attached hydrogens (primary N) is 1. The van der Waals surface area contributed by atoms with Gasteiger partial charge in [0.1, 0.15) is 0 Å². The summed E-state index contributed by atoms with van der Waals surface area (Å²) in [5.74, 6) is -0.590. The lowest BCUT2D eigenvalue weighted by atomic mass is 9.96. The van der Waals surface area contributed by atoms with Crippen LogP contribution in [0.2, 0.25) is 0 Å². The summed E-state index contributed by atoms with van der Waals surface area (Å²) in [6.07, 6.45) is 4.88. The second kappa shape index (κ2) is 10.3. The molecule has 0 radical (unpaired) electrons. The average molecular weight is 390 g/mol. The predicted octanol–water partition coefficient (Wildman–Crippen LogP) is 1.37. The van der Waals surface area contributed by atoms with E-state index in [4.69, 9.17) is 19.9 Å². The largest absolute Gasteiger partial charge is 0.493 e. The van der Waals surface area contributed by atoms with Crippen LogP contribution in [0.15, 0.2) is 24.3 Å². The number of allylic oxidation sites excluding steroid dienone is 1. The van der Waals surface area contributed by atoms with E-state index in [0.717, 1.165) is 5.56 Å². The van der Waals surface area contributed by atoms with E-state index in [-0.39, 0.29) is 30.9 Å². The van der Waals surface area contributed by atoms with E-state index in [9.17, 15) is 14.4 Å². The Bertz CT molecular complexity index is 738. The fourth-order valence-electron chi connectivity index (χ4n) is 2.92. The normalized spacial score (nSPS) is 14.7. The van der Waals surface area contributed by atoms with Gasteiger partial charge in [0, 0.05) is 19.0 Å². The van der Waals surface area contributed by atoms with Crippen LogP contribution in [0.4, 0.5) is 0 Å². The van der Waals surface area contributed by atoms with Crippen LogP contribution in [-0.4, -0.2) is 56.1 Å². The van der Waals surface area contributed by atoms with Crippen LogP contribution in [0.5, 0.6) is 11.5 Å². The summed E-state index contributed by atoms with van der Waals surface area (Å²) in [7, 11) is 1.51. The van der Waals surface area contributed by atoms with Gasteiger partial charge in [-0.15, -0.1) is 0 Å². The lowest BCUT2D eigenvalue weighted by Crippen LogP contribution is -2.43. The van der Waals surface area contributed by atoms with Crippen LogP contribution >= 0.6 is 0 Å². The van der Waals surface area contributed by atoms with Gasteiger partial charge < -0.3 is 24.8 Å². The second-order valence-electron chi connectivity index (χ2n) is 6.42. The molecular formula is C20H26N2O6. The second-order valence-corrected chi connectivity index (χ2v) is 6.42. The Balaban J connectivity index is 1.77. The molecule has 1 saturated heterocycles. The predicted molar refractivity (Wildman–Crippen MR) is 103 cm³/mol. The Morgan fingerprint density at radius 2 is 1.89 bits per heavy atom. The van der Waals surface area contributed by atoms with Crippen molar-refractivity contribution in [3.8, 4) is 11.5 Å². The lowest BCUT2D eigenvalue weighted by molar-refractivity contribution is -0.154. The summed E-state index contributed by atoms with van der Waals surface area (Å²) in [5.41, 5.74) is 6.22. The van der Waals surface area contributed by atoms with Crippen LogP contribution in [-0.2, 0) is 19.1 Å². The number of primary amides is 1. The number of carbonyl (C=O) groups is 3. The highest BCUT2D eigenvalue weighted by atomic mass is 16.6. The Morgan fingerprint density at radius 3 is 2.50 bits per heavy atom. The minimum absolute atomic E-state index is 0.200. The Morgan fingerprint density at radius 1 is 1.18 bits per heavy atom. The van der Waals surface area contributed by atoms with Gasteiger partial charge in [0.15, 0.2) is 24.7 Å². The number of esters is 1. The molecule has 2 N–H and O–H groups in total. The number of amides is 2. The molecule has 8 nitrogen and oxygen atoms in total. The zero-order chi connectivity index (χ0) is 20.5. The molecule has 0 atom stereocenters. The highest BCUT2D eigenvalue weighted by Gasteiger charge is 2.26. The van der Waals surface area contributed by atoms with Crippen LogP contribution in [0.1, 0.15) is 25.3 Å². The maximum absolute atomic E-state index is 12.1. The first kappa shape index (κ1) is 21.3. The van der Waals surface area contributed by atoms with E-state index in [1.54, 1.807) is 17.0 Å². The van der Waals surface area contributed by atoms with Gasteiger partial charge in [0.2, 0.25) is 5.91 Å². The van der Waals surface area contributed by atoms with E-state index in [0.29, 0.717) is 37.4 Å². The molecule has 2 rings (SSSR count). The van der Waals surface area contributed by atoms with Crippen molar-refractivity contribution in [2.24, 2.45) is 11.7 Å². The number of methoxy groups -OCH3 is 1. The molecule has 1 aliphatic heterocycles. The van der Waals surface area contributed by atoms with E-state index >= 15 is 0 Å². The summed E-state index contributed by atoms with van der Waals surface area (Å²) >= 11 is 0. The van der Waals surface area contributed by atoms with Crippen molar-refractivity contribution in [2.75, 3.05) is 33.4 Å². The number of rotatable bonds is 8. The summed E-state index contributed by atoms with van der Waals surface area (Å²) < 4.78 is 15.7. The van der Waals surface area contributed by atoms with Gasteiger partial charge in [-0.05, 0) is 37.5 Å². The summed E-state index contributed by atoms with van der Waals surface area (Å²) in [6.45, 7) is 2.07. The fraction of sp³-hybridized carbons (Fsp3) is 0.450. The number of hydrogen-bond donors (Lipinski definition) is 1. The zero-order valence-corrected chi connectivity index (χ0v) is 16.2. The van der Waals surface area contributed by atoms with Gasteiger partial charge in [-0.3, -0.25) is 9.59 Å². The number of piperidine rings is 1. The molecule has 8 heteroatoms. The van der Waals surface area contributed by atoms with Crippen LogP contribution in [0, 0.1) is 5.92 Å². The Kier molecular flexibility index (Phi) is 7.86. The summed E-state index contributed by atoms with van der Waals surface area (Å²) in [4.78, 5) is 36.7. The Labute approximate surface area is 164 Å². The van der Waals surface area contributed by atoms with Crippen LogP contribution < -0.4 is 15.2 Å². The molecule has 1 aliphatic rings. The van der Waals surface area contributed by atoms with Crippen molar-refractivity contribution < 1.29 is 28.6 Å². The molecule has 1 heterocycles. The third-order valence-electron chi connectivity index (χ3n) is 4.50. The summed E-state index contributed by atoms with van der Waals surface area (Å²) in [5, 5.41) is 0. The molecule has 1 aromatic rings. The smallest absolute Gasteiger partial charge is 0.344 e. The molecule has 0 bridgehead atoms. The van der Waals surface area contributed by atoms with E-state index in [1.807, 2.05) is 25.1 Å². The number of hydrogen-bond acceptors (Lipinski definition) is 6. The SMILES string of the molecule is C/C=C/c1ccc(OCC(=O)OCC(=O)N2CCC(C(N)=O)CC2)c(OC)c1. The van der Waals surface area contributed by atoms with E-state index in [1.165, 1.54) is 7.11 Å². The molecule has 0 aliphatic carbocycles. The molecule has 28 heavy (non-hydrogen) atoms. The number of carbonyl (C=O) groups excluding carboxylic acids is 3. The van der Waals surface area contributed by atoms with Gasteiger partial charge in [0.25, 0.3) is 5.91 Å². The van der Waals surface area contributed by atoms with Crippen molar-refractivity contribution in [1.29, 1.82) is 0 Å². The first-order chi connectivity index (χ1) is 13.4. The monoisotopic (exact) mass is 390 g/mol. The van der Waals surface area contributed by atoms with Crippen molar-refractivity contribution in [3.63, 3.8) is 0 Å². The topological polar surface area (TPSA) is 108 Å². The van der Waals surface area contributed by atoms with Gasteiger partial charge in [-0.1, -0.05) is 18.2 Å². The molecule has 0 unspecified atom stereocenters. The molecule has 1 fully saturated rings. The third kappa shape index (κ3) is 6.00. The van der Waals surface area contributed by atoms with Gasteiger partial charge in [-0.2, -0.15) is 0 Å². The minimum atomic E-state index is -0.653. The third-order valence-corrected chi connectivity index (χ3v) is 4.50. The van der Waals surface area contributed by atoms with E-state index in [2.05, 4.69) is 0 Å². The van der Waals surface area contributed by atoms with Crippen LogP contribution in [0.25, 0.3) is 6.08 Å². The number of nitrogens with zero attached hydrogens (tertiary/aromatic N) is 1. The molecule has 152 valence electrons. The molecular weight excluding hydrogens is 364 g/mol. The lowest BCUT2D eigenvalue weighted by Gasteiger charge is -2.30. The first-order valence-electron chi connectivity index (χ1n) is 9.10. The quantitative estimate of drug-likeness (QED) is 0.672. The van der Waals surface area contributed by atoms with Crippen molar-refractivity contribution in [1.82, 2.24) is 4.90 Å². The highest BCUT2D eigenvalue weighted by Crippen LogP contribution is 2.28. The van der Waals surface area contributed by atoms with Crippen molar-refractivity contribution >= 4 is 23.9 Å². The minimum Gasteiger partial charge on any atom is -0.493 e. The molecule has 2 amide bonds. The molecule has 0 spiro atoms. The van der Waals surface area contributed by atoms with Gasteiger partial charge >= 0.3 is 5.97 Å². The number of ether oxygens (including phenoxy) is 3. The molecule has 0 saturated carbocycles. The zero-order valence-electron chi connectivity index (χ0n) is 16.2. The van der Waals surface area contributed by atoms with Gasteiger partial charge in [0.05, 0.1) is 7.11 Å². The standard InChI is InChI=1S/C20H26N2O6/c1-3-4-14-5-6-16(17(11-14)26-2)27-13-19(24)28-12-18(23)22-9-7-15(8-10-22)20(21)25/h3-6,11,15H,7-10,12-13H2,1-2H3,(H2,21,25)/b4-3+. The maximum Gasteiger partial charge on any atom is 0.344 e.